The van der Waals surface area contributed by atoms with E-state index in [-0.39, 0.29) is 5.91 Å². The number of benzene rings is 3. The van der Waals surface area contributed by atoms with Crippen molar-refractivity contribution in [3.05, 3.63) is 83.4 Å². The lowest BCUT2D eigenvalue weighted by Gasteiger charge is -2.14. The number of hydrogen-bond acceptors (Lipinski definition) is 6. The number of thioether (sulfide) groups is 2. The average Bonchev–Trinajstić information content (AvgIpc) is 3.38. The molecule has 1 aliphatic heterocycles. The molecule has 3 aromatic carbocycles. The lowest BCUT2D eigenvalue weighted by molar-refractivity contribution is 0.102. The molecule has 1 heterocycles. The van der Waals surface area contributed by atoms with E-state index in [9.17, 15) is 4.79 Å². The molecule has 7 heteroatoms. The molecule has 1 aliphatic rings. The van der Waals surface area contributed by atoms with Crippen LogP contribution >= 0.6 is 23.5 Å². The zero-order chi connectivity index (χ0) is 22.3. The monoisotopic (exact) mass is 467 g/mol. The number of carbonyl (C=O) groups excluding carboxylic acids is 1. The van der Waals surface area contributed by atoms with E-state index in [1.165, 1.54) is 17.1 Å². The molecule has 32 heavy (non-hydrogen) atoms. The smallest absolute Gasteiger partial charge is 0.255 e. The number of hydrogen-bond donors (Lipinski definition) is 1. The second kappa shape index (κ2) is 10.7. The molecule has 0 aromatic heterocycles. The first-order chi connectivity index (χ1) is 15.7. The third kappa shape index (κ3) is 5.53. The maximum Gasteiger partial charge on any atom is 0.255 e. The highest BCUT2D eigenvalue weighted by Gasteiger charge is 2.20. The van der Waals surface area contributed by atoms with Crippen LogP contribution in [0.15, 0.2) is 66.7 Å². The van der Waals surface area contributed by atoms with Crippen LogP contribution < -0.4 is 19.5 Å². The van der Waals surface area contributed by atoms with Gasteiger partial charge in [-0.15, -0.1) is 23.5 Å². The lowest BCUT2D eigenvalue weighted by Crippen LogP contribution is -2.11. The van der Waals surface area contributed by atoms with E-state index in [1.807, 2.05) is 66.0 Å². The van der Waals surface area contributed by atoms with Gasteiger partial charge in [-0.05, 0) is 59.7 Å². The van der Waals surface area contributed by atoms with Crippen LogP contribution in [-0.4, -0.2) is 31.6 Å². The van der Waals surface area contributed by atoms with E-state index in [0.717, 1.165) is 17.1 Å². The summed E-state index contributed by atoms with van der Waals surface area (Å²) in [5.41, 5.74) is 3.53. The Balaban J connectivity index is 1.35. The number of nitrogens with one attached hydrogen (secondary N) is 1. The molecule has 0 radical (unpaired) electrons. The maximum atomic E-state index is 12.5. The van der Waals surface area contributed by atoms with E-state index in [1.54, 1.807) is 26.4 Å². The standard InChI is InChI=1S/C25H25NO4S2/c1-28-21-10-8-20(9-11-21)26-24(27)18-5-3-17(4-6-18)16-30-22-12-7-19(15-23(22)29-2)25-31-13-14-32-25/h3-12,15,25H,13-14,16H2,1-2H3,(H,26,27). The fourth-order valence-corrected chi connectivity index (χ4v) is 6.13. The Labute approximate surface area is 196 Å². The van der Waals surface area contributed by atoms with Gasteiger partial charge in [-0.2, -0.15) is 0 Å². The molecule has 5 nitrogen and oxygen atoms in total. The minimum absolute atomic E-state index is 0.164. The zero-order valence-corrected chi connectivity index (χ0v) is 19.6. The molecular weight excluding hydrogens is 442 g/mol. The van der Waals surface area contributed by atoms with Crippen molar-refractivity contribution < 1.29 is 19.0 Å². The molecule has 0 aliphatic carbocycles. The van der Waals surface area contributed by atoms with Crippen LogP contribution in [-0.2, 0) is 6.61 Å². The second-order valence-corrected chi connectivity index (χ2v) is 9.88. The Morgan fingerprint density at radius 1 is 0.906 bits per heavy atom. The van der Waals surface area contributed by atoms with Gasteiger partial charge < -0.3 is 19.5 Å². The lowest BCUT2D eigenvalue weighted by atomic mass is 10.1. The minimum Gasteiger partial charge on any atom is -0.497 e. The Bertz CT molecular complexity index is 1050. The Morgan fingerprint density at radius 3 is 2.28 bits per heavy atom. The molecule has 0 unspecified atom stereocenters. The van der Waals surface area contributed by atoms with Crippen molar-refractivity contribution in [1.82, 2.24) is 0 Å². The molecule has 0 bridgehead atoms. The molecular formula is C25H25NO4S2. The van der Waals surface area contributed by atoms with Crippen molar-refractivity contribution in [2.45, 2.75) is 11.2 Å². The molecule has 1 amide bonds. The third-order valence-electron chi connectivity index (χ3n) is 5.04. The largest absolute Gasteiger partial charge is 0.497 e. The third-order valence-corrected chi connectivity index (χ3v) is 8.14. The van der Waals surface area contributed by atoms with Crippen LogP contribution in [0.25, 0.3) is 0 Å². The summed E-state index contributed by atoms with van der Waals surface area (Å²) in [5, 5.41) is 2.88. The van der Waals surface area contributed by atoms with Gasteiger partial charge in [0.05, 0.1) is 18.8 Å². The van der Waals surface area contributed by atoms with Gasteiger partial charge in [0, 0.05) is 22.8 Å². The molecule has 166 valence electrons. The first-order valence-electron chi connectivity index (χ1n) is 10.2. The highest BCUT2D eigenvalue weighted by Crippen LogP contribution is 2.47. The van der Waals surface area contributed by atoms with Gasteiger partial charge >= 0.3 is 0 Å². The quantitative estimate of drug-likeness (QED) is 0.438. The van der Waals surface area contributed by atoms with Crippen molar-refractivity contribution in [1.29, 1.82) is 0 Å². The van der Waals surface area contributed by atoms with Crippen LogP contribution in [0.4, 0.5) is 5.69 Å². The summed E-state index contributed by atoms with van der Waals surface area (Å²) in [6, 6.07) is 20.8. The van der Waals surface area contributed by atoms with Gasteiger partial charge in [0.2, 0.25) is 0 Å². The van der Waals surface area contributed by atoms with Crippen molar-refractivity contribution in [3.63, 3.8) is 0 Å². The summed E-state index contributed by atoms with van der Waals surface area (Å²) in [6.45, 7) is 0.392. The predicted octanol–water partition coefficient (Wildman–Crippen LogP) is 6.01. The van der Waals surface area contributed by atoms with Crippen LogP contribution in [0.5, 0.6) is 17.2 Å². The fraction of sp³-hybridized carbons (Fsp3) is 0.240. The van der Waals surface area contributed by atoms with Crippen LogP contribution in [0, 0.1) is 0 Å². The zero-order valence-electron chi connectivity index (χ0n) is 18.0. The highest BCUT2D eigenvalue weighted by atomic mass is 32.2. The van der Waals surface area contributed by atoms with Gasteiger partial charge in [0.1, 0.15) is 12.4 Å². The van der Waals surface area contributed by atoms with Crippen LogP contribution in [0.3, 0.4) is 0 Å². The number of rotatable bonds is 8. The molecule has 0 saturated carbocycles. The van der Waals surface area contributed by atoms with E-state index in [4.69, 9.17) is 14.2 Å². The summed E-state index contributed by atoms with van der Waals surface area (Å²) in [5.74, 6) is 4.41. The van der Waals surface area contributed by atoms with Gasteiger partial charge in [-0.25, -0.2) is 0 Å². The van der Waals surface area contributed by atoms with E-state index >= 15 is 0 Å². The molecule has 0 atom stereocenters. The molecule has 3 aromatic rings. The second-order valence-electron chi connectivity index (χ2n) is 7.15. The molecule has 1 fully saturated rings. The fourth-order valence-electron chi connectivity index (χ4n) is 3.29. The van der Waals surface area contributed by atoms with E-state index < -0.39 is 0 Å². The predicted molar refractivity (Wildman–Crippen MR) is 132 cm³/mol. The number of methoxy groups -OCH3 is 2. The first-order valence-corrected chi connectivity index (χ1v) is 12.3. The summed E-state index contributed by atoms with van der Waals surface area (Å²) in [6.07, 6.45) is 0. The van der Waals surface area contributed by atoms with Gasteiger partial charge in [0.15, 0.2) is 11.5 Å². The van der Waals surface area contributed by atoms with E-state index in [2.05, 4.69) is 17.4 Å². The van der Waals surface area contributed by atoms with Crippen molar-refractivity contribution in [3.8, 4) is 17.2 Å². The Kier molecular flexibility index (Phi) is 7.50. The number of amides is 1. The summed E-state index contributed by atoms with van der Waals surface area (Å²) in [7, 11) is 3.27. The Morgan fingerprint density at radius 2 is 1.62 bits per heavy atom. The molecule has 0 spiro atoms. The summed E-state index contributed by atoms with van der Waals surface area (Å²) >= 11 is 3.93. The summed E-state index contributed by atoms with van der Waals surface area (Å²) in [4.78, 5) is 12.5. The van der Waals surface area contributed by atoms with Gasteiger partial charge in [-0.1, -0.05) is 18.2 Å². The molecule has 1 saturated heterocycles. The topological polar surface area (TPSA) is 56.8 Å². The molecule has 1 N–H and O–H groups in total. The summed E-state index contributed by atoms with van der Waals surface area (Å²) < 4.78 is 17.2. The van der Waals surface area contributed by atoms with Crippen LogP contribution in [0.1, 0.15) is 26.1 Å². The van der Waals surface area contributed by atoms with Crippen molar-refractivity contribution >= 4 is 35.1 Å². The first kappa shape index (κ1) is 22.4. The van der Waals surface area contributed by atoms with Crippen molar-refractivity contribution in [2.75, 3.05) is 31.0 Å². The highest BCUT2D eigenvalue weighted by molar-refractivity contribution is 8.19. The number of anilines is 1. The van der Waals surface area contributed by atoms with Crippen LogP contribution in [0.2, 0.25) is 0 Å². The number of carbonyl (C=O) groups is 1. The van der Waals surface area contributed by atoms with Gasteiger partial charge in [0.25, 0.3) is 5.91 Å². The maximum absolute atomic E-state index is 12.5. The van der Waals surface area contributed by atoms with E-state index in [0.29, 0.717) is 28.2 Å². The molecule has 4 rings (SSSR count). The normalized spacial score (nSPS) is 13.6. The average molecular weight is 468 g/mol. The Hall–Kier alpha value is -2.77. The SMILES string of the molecule is COc1ccc(NC(=O)c2ccc(COc3ccc(C4SCCS4)cc3OC)cc2)cc1. The number of ether oxygens (including phenoxy) is 3. The van der Waals surface area contributed by atoms with Crippen molar-refractivity contribution in [2.24, 2.45) is 0 Å². The minimum atomic E-state index is -0.164. The van der Waals surface area contributed by atoms with Gasteiger partial charge in [-0.3, -0.25) is 4.79 Å².